The lowest BCUT2D eigenvalue weighted by atomic mass is 10.2. The molecule has 3 heterocycles. The van der Waals surface area contributed by atoms with Gasteiger partial charge in [-0.15, -0.1) is 0 Å². The van der Waals surface area contributed by atoms with Gasteiger partial charge in [-0.2, -0.15) is 0 Å². The summed E-state index contributed by atoms with van der Waals surface area (Å²) in [4.78, 5) is 49.1. The number of carbonyl (C=O) groups is 1. The van der Waals surface area contributed by atoms with E-state index in [0.717, 1.165) is 6.20 Å². The number of aromatic nitrogens is 4. The first kappa shape index (κ1) is 14.1. The Kier molecular flexibility index (Phi) is 3.79. The van der Waals surface area contributed by atoms with Gasteiger partial charge < -0.3 is 14.6 Å². The SMILES string of the molecule is O=C(c1c[nH]c(=O)[nH]c1=O)N1CCO[C@@H](c2cnccn2)C1. The lowest BCUT2D eigenvalue weighted by Crippen LogP contribution is -2.44. The molecular formula is C13H13N5O4. The monoisotopic (exact) mass is 303 g/mol. The van der Waals surface area contributed by atoms with Crippen molar-refractivity contribution in [2.45, 2.75) is 6.10 Å². The maximum absolute atomic E-state index is 12.4. The van der Waals surface area contributed by atoms with Crippen LogP contribution in [0.5, 0.6) is 0 Å². The summed E-state index contributed by atoms with van der Waals surface area (Å²) in [6.07, 6.45) is 5.40. The smallest absolute Gasteiger partial charge is 0.325 e. The average molecular weight is 303 g/mol. The Morgan fingerprint density at radius 3 is 2.95 bits per heavy atom. The number of amides is 1. The zero-order valence-electron chi connectivity index (χ0n) is 11.5. The number of carbonyl (C=O) groups excluding carboxylic acids is 1. The van der Waals surface area contributed by atoms with Crippen LogP contribution in [0.15, 0.2) is 34.4 Å². The number of ether oxygens (including phenoxy) is 1. The minimum Gasteiger partial charge on any atom is -0.368 e. The van der Waals surface area contributed by atoms with Crippen LogP contribution in [0.1, 0.15) is 22.2 Å². The third-order valence-electron chi connectivity index (χ3n) is 3.32. The van der Waals surface area contributed by atoms with E-state index in [0.29, 0.717) is 18.8 Å². The van der Waals surface area contributed by atoms with Crippen molar-refractivity contribution in [1.82, 2.24) is 24.8 Å². The molecule has 0 bridgehead atoms. The maximum atomic E-state index is 12.4. The molecule has 2 aromatic heterocycles. The predicted octanol–water partition coefficient (Wildman–Crippen LogP) is -0.933. The fourth-order valence-corrected chi connectivity index (χ4v) is 2.23. The Balaban J connectivity index is 1.81. The van der Waals surface area contributed by atoms with Gasteiger partial charge in [0, 0.05) is 25.1 Å². The molecule has 0 aromatic carbocycles. The van der Waals surface area contributed by atoms with Crippen molar-refractivity contribution < 1.29 is 9.53 Å². The van der Waals surface area contributed by atoms with Gasteiger partial charge in [-0.3, -0.25) is 24.5 Å². The van der Waals surface area contributed by atoms with Gasteiger partial charge in [0.15, 0.2) is 0 Å². The van der Waals surface area contributed by atoms with Gasteiger partial charge >= 0.3 is 5.69 Å². The molecule has 0 unspecified atom stereocenters. The zero-order valence-corrected chi connectivity index (χ0v) is 11.5. The molecule has 1 aliphatic rings. The molecule has 1 amide bonds. The van der Waals surface area contributed by atoms with E-state index in [2.05, 4.69) is 15.0 Å². The largest absolute Gasteiger partial charge is 0.368 e. The molecule has 0 saturated carbocycles. The van der Waals surface area contributed by atoms with Crippen LogP contribution < -0.4 is 11.2 Å². The van der Waals surface area contributed by atoms with Crippen LogP contribution in [-0.4, -0.2) is 50.4 Å². The number of nitrogens with zero attached hydrogens (tertiary/aromatic N) is 3. The first-order chi connectivity index (χ1) is 10.6. The molecule has 9 heteroatoms. The maximum Gasteiger partial charge on any atom is 0.325 e. The first-order valence-electron chi connectivity index (χ1n) is 6.64. The molecule has 0 radical (unpaired) electrons. The molecule has 2 aromatic rings. The van der Waals surface area contributed by atoms with Gasteiger partial charge in [-0.1, -0.05) is 0 Å². The number of hydrogen-bond donors (Lipinski definition) is 2. The highest BCUT2D eigenvalue weighted by Crippen LogP contribution is 2.20. The van der Waals surface area contributed by atoms with Crippen molar-refractivity contribution in [3.8, 4) is 0 Å². The molecule has 1 aliphatic heterocycles. The van der Waals surface area contributed by atoms with Crippen LogP contribution >= 0.6 is 0 Å². The van der Waals surface area contributed by atoms with Crippen LogP contribution in [0.2, 0.25) is 0 Å². The Morgan fingerprint density at radius 2 is 2.23 bits per heavy atom. The molecule has 22 heavy (non-hydrogen) atoms. The third-order valence-corrected chi connectivity index (χ3v) is 3.32. The Hall–Kier alpha value is -2.81. The minimum absolute atomic E-state index is 0.112. The normalized spacial score (nSPS) is 18.2. The molecule has 0 aliphatic carbocycles. The molecule has 9 nitrogen and oxygen atoms in total. The summed E-state index contributed by atoms with van der Waals surface area (Å²) in [5.41, 5.74) is -0.855. The van der Waals surface area contributed by atoms with Gasteiger partial charge in [0.25, 0.3) is 11.5 Å². The first-order valence-corrected chi connectivity index (χ1v) is 6.64. The second kappa shape index (κ2) is 5.90. The van der Waals surface area contributed by atoms with Crippen molar-refractivity contribution in [2.75, 3.05) is 19.7 Å². The van der Waals surface area contributed by atoms with Gasteiger partial charge in [0.2, 0.25) is 0 Å². The minimum atomic E-state index is -0.712. The average Bonchev–Trinajstić information content (AvgIpc) is 2.55. The summed E-state index contributed by atoms with van der Waals surface area (Å²) in [5.74, 6) is -0.463. The van der Waals surface area contributed by atoms with E-state index in [-0.39, 0.29) is 12.1 Å². The third kappa shape index (κ3) is 2.79. The molecule has 114 valence electrons. The molecule has 0 spiro atoms. The summed E-state index contributed by atoms with van der Waals surface area (Å²) in [7, 11) is 0. The quantitative estimate of drug-likeness (QED) is 0.739. The van der Waals surface area contributed by atoms with E-state index in [4.69, 9.17) is 4.74 Å². The van der Waals surface area contributed by atoms with Gasteiger partial charge in [0.1, 0.15) is 11.7 Å². The summed E-state index contributed by atoms with van der Waals surface area (Å²) in [5, 5.41) is 0. The lowest BCUT2D eigenvalue weighted by molar-refractivity contribution is -0.0249. The highest BCUT2D eigenvalue weighted by Gasteiger charge is 2.28. The number of H-pyrrole nitrogens is 2. The predicted molar refractivity (Wildman–Crippen MR) is 74.3 cm³/mol. The zero-order chi connectivity index (χ0) is 15.5. The fraction of sp³-hybridized carbons (Fsp3) is 0.308. The number of hydrogen-bond acceptors (Lipinski definition) is 6. The van der Waals surface area contributed by atoms with Crippen LogP contribution in [0.4, 0.5) is 0 Å². The highest BCUT2D eigenvalue weighted by atomic mass is 16.5. The van der Waals surface area contributed by atoms with Gasteiger partial charge in [0.05, 0.1) is 25.0 Å². The topological polar surface area (TPSA) is 121 Å². The van der Waals surface area contributed by atoms with E-state index in [1.165, 1.54) is 4.90 Å². The summed E-state index contributed by atoms with van der Waals surface area (Å²) >= 11 is 0. The molecule has 1 saturated heterocycles. The Labute approximate surface area is 124 Å². The second-order valence-electron chi connectivity index (χ2n) is 4.73. The molecule has 1 atom stereocenters. The molecular weight excluding hydrogens is 290 g/mol. The molecule has 1 fully saturated rings. The van der Waals surface area contributed by atoms with Crippen molar-refractivity contribution in [1.29, 1.82) is 0 Å². The number of rotatable bonds is 2. The fourth-order valence-electron chi connectivity index (χ4n) is 2.23. The van der Waals surface area contributed by atoms with Crippen LogP contribution in [0.3, 0.4) is 0 Å². The van der Waals surface area contributed by atoms with Crippen molar-refractivity contribution >= 4 is 5.91 Å². The van der Waals surface area contributed by atoms with E-state index in [9.17, 15) is 14.4 Å². The van der Waals surface area contributed by atoms with E-state index < -0.39 is 23.3 Å². The van der Waals surface area contributed by atoms with Gasteiger partial charge in [-0.25, -0.2) is 4.79 Å². The van der Waals surface area contributed by atoms with E-state index in [1.807, 2.05) is 4.98 Å². The summed E-state index contributed by atoms with van der Waals surface area (Å²) < 4.78 is 5.59. The van der Waals surface area contributed by atoms with Crippen LogP contribution in [0, 0.1) is 0 Å². The Morgan fingerprint density at radius 1 is 1.36 bits per heavy atom. The number of nitrogens with one attached hydrogen (secondary N) is 2. The number of aromatic amines is 2. The summed E-state index contributed by atoms with van der Waals surface area (Å²) in [6.45, 7) is 0.943. The highest BCUT2D eigenvalue weighted by molar-refractivity contribution is 5.93. The Bertz CT molecular complexity index is 785. The van der Waals surface area contributed by atoms with Crippen molar-refractivity contribution in [2.24, 2.45) is 0 Å². The second-order valence-corrected chi connectivity index (χ2v) is 4.73. The van der Waals surface area contributed by atoms with Crippen molar-refractivity contribution in [3.05, 3.63) is 56.9 Å². The summed E-state index contributed by atoms with van der Waals surface area (Å²) in [6, 6.07) is 0. The van der Waals surface area contributed by atoms with E-state index >= 15 is 0 Å². The van der Waals surface area contributed by atoms with Crippen LogP contribution in [-0.2, 0) is 4.74 Å². The van der Waals surface area contributed by atoms with Gasteiger partial charge in [-0.05, 0) is 0 Å². The van der Waals surface area contributed by atoms with Crippen molar-refractivity contribution in [3.63, 3.8) is 0 Å². The standard InChI is InChI=1S/C13H13N5O4/c19-11-8(5-16-13(21)17-11)12(20)18-3-4-22-10(7-18)9-6-14-1-2-15-9/h1-2,5-6,10H,3-4,7H2,(H2,16,17,19,21)/t10-/m1/s1. The molecule has 3 rings (SSSR count). The van der Waals surface area contributed by atoms with Crippen LogP contribution in [0.25, 0.3) is 0 Å². The lowest BCUT2D eigenvalue weighted by Gasteiger charge is -2.32. The number of morpholine rings is 1. The van der Waals surface area contributed by atoms with E-state index in [1.54, 1.807) is 18.6 Å². The molecule has 2 N–H and O–H groups in total.